The molecule has 0 heterocycles. The molecule has 4 nitrogen and oxygen atoms in total. The number of benzene rings is 2. The zero-order valence-electron chi connectivity index (χ0n) is 16.9. The molecule has 4 heteroatoms. The second-order valence-electron chi connectivity index (χ2n) is 9.33. The zero-order chi connectivity index (χ0) is 19.7. The van der Waals surface area contributed by atoms with E-state index in [2.05, 4.69) is 10.6 Å². The summed E-state index contributed by atoms with van der Waals surface area (Å²) < 4.78 is 5.89. The lowest BCUT2D eigenvalue weighted by molar-refractivity contribution is 0.183. The average molecular weight is 391 g/mol. The van der Waals surface area contributed by atoms with Crippen LogP contribution >= 0.6 is 0 Å². The van der Waals surface area contributed by atoms with E-state index in [1.54, 1.807) is 0 Å². The van der Waals surface area contributed by atoms with Crippen LogP contribution in [0.15, 0.2) is 54.6 Å². The standard InChI is InChI=1S/C25H30N2O2/c28-24(27-25-14-19-8-4-9-20(15-25)21(12-19)16-25)26-22-10-5-11-23(13-22)29-17-18-6-2-1-3-7-18/h1-3,5-7,10-11,13,19-21H,4,8-9,12,14-17H2,(H2,26,27,28). The summed E-state index contributed by atoms with van der Waals surface area (Å²) in [7, 11) is 0. The maximum Gasteiger partial charge on any atom is 0.319 e. The van der Waals surface area contributed by atoms with Gasteiger partial charge in [0.2, 0.25) is 0 Å². The Kier molecular flexibility index (Phi) is 4.94. The summed E-state index contributed by atoms with van der Waals surface area (Å²) in [5.41, 5.74) is 1.92. The van der Waals surface area contributed by atoms with E-state index in [9.17, 15) is 4.79 Å². The first kappa shape index (κ1) is 18.5. The molecule has 3 aliphatic rings. The molecule has 3 bridgehead atoms. The number of nitrogens with one attached hydrogen (secondary N) is 2. The van der Waals surface area contributed by atoms with Crippen LogP contribution in [0.5, 0.6) is 5.75 Å². The van der Waals surface area contributed by atoms with Crippen molar-refractivity contribution in [3.8, 4) is 5.75 Å². The predicted molar refractivity (Wildman–Crippen MR) is 115 cm³/mol. The molecule has 2 N–H and O–H groups in total. The summed E-state index contributed by atoms with van der Waals surface area (Å²) in [4.78, 5) is 12.8. The SMILES string of the molecule is O=C(Nc1cccc(OCc2ccccc2)c1)NC12CC3CCCC(C1)C(C3)C2. The summed E-state index contributed by atoms with van der Waals surface area (Å²) in [5.74, 6) is 3.21. The first-order chi connectivity index (χ1) is 14.2. The summed E-state index contributed by atoms with van der Waals surface area (Å²) in [6.45, 7) is 0.518. The molecule has 4 atom stereocenters. The molecule has 2 aromatic rings. The van der Waals surface area contributed by atoms with Gasteiger partial charge in [0, 0.05) is 17.3 Å². The van der Waals surface area contributed by atoms with E-state index in [4.69, 9.17) is 4.74 Å². The van der Waals surface area contributed by atoms with Gasteiger partial charge in [-0.2, -0.15) is 0 Å². The molecule has 4 unspecified atom stereocenters. The third kappa shape index (κ3) is 4.12. The Hall–Kier alpha value is -2.49. The van der Waals surface area contributed by atoms with Gasteiger partial charge in [-0.1, -0.05) is 55.7 Å². The third-order valence-corrected chi connectivity index (χ3v) is 7.19. The number of carbonyl (C=O) groups is 1. The van der Waals surface area contributed by atoms with Crippen molar-refractivity contribution < 1.29 is 9.53 Å². The minimum atomic E-state index is -0.0779. The summed E-state index contributed by atoms with van der Waals surface area (Å²) in [6, 6.07) is 17.7. The minimum Gasteiger partial charge on any atom is -0.489 e. The van der Waals surface area contributed by atoms with Gasteiger partial charge in [-0.3, -0.25) is 0 Å². The molecule has 0 radical (unpaired) electrons. The molecule has 0 saturated heterocycles. The van der Waals surface area contributed by atoms with Crippen LogP contribution in [0.4, 0.5) is 10.5 Å². The van der Waals surface area contributed by atoms with E-state index < -0.39 is 0 Å². The Labute approximate surface area is 173 Å². The Morgan fingerprint density at radius 2 is 1.86 bits per heavy atom. The molecule has 3 fully saturated rings. The molecule has 3 aliphatic carbocycles. The lowest BCUT2D eigenvalue weighted by Gasteiger charge is -2.38. The van der Waals surface area contributed by atoms with Crippen LogP contribution in [-0.2, 0) is 6.61 Å². The Morgan fingerprint density at radius 1 is 1.00 bits per heavy atom. The van der Waals surface area contributed by atoms with E-state index >= 15 is 0 Å². The lowest BCUT2D eigenvalue weighted by atomic mass is 9.75. The molecule has 2 amide bonds. The lowest BCUT2D eigenvalue weighted by Crippen LogP contribution is -2.51. The highest BCUT2D eigenvalue weighted by molar-refractivity contribution is 5.90. The third-order valence-electron chi connectivity index (χ3n) is 7.19. The van der Waals surface area contributed by atoms with Gasteiger partial charge in [0.25, 0.3) is 0 Å². The molecule has 2 aromatic carbocycles. The van der Waals surface area contributed by atoms with Gasteiger partial charge >= 0.3 is 6.03 Å². The molecular formula is C25H30N2O2. The summed E-state index contributed by atoms with van der Waals surface area (Å²) in [6.07, 6.45) is 8.96. The molecule has 5 rings (SSSR count). The van der Waals surface area contributed by atoms with Crippen LogP contribution in [-0.4, -0.2) is 11.6 Å². The Balaban J connectivity index is 1.20. The largest absolute Gasteiger partial charge is 0.489 e. The van der Waals surface area contributed by atoms with Gasteiger partial charge in [0.05, 0.1) is 0 Å². The first-order valence-electron chi connectivity index (χ1n) is 11.0. The van der Waals surface area contributed by atoms with Crippen molar-refractivity contribution in [2.24, 2.45) is 17.8 Å². The van der Waals surface area contributed by atoms with Crippen LogP contribution in [0.1, 0.15) is 50.5 Å². The van der Waals surface area contributed by atoms with Crippen LogP contribution in [0, 0.1) is 17.8 Å². The number of urea groups is 1. The van der Waals surface area contributed by atoms with E-state index in [0.29, 0.717) is 6.61 Å². The average Bonchev–Trinajstić information content (AvgIpc) is 2.86. The van der Waals surface area contributed by atoms with Crippen LogP contribution in [0.25, 0.3) is 0 Å². The van der Waals surface area contributed by atoms with E-state index in [1.165, 1.54) is 38.5 Å². The second kappa shape index (κ2) is 7.74. The number of amides is 2. The van der Waals surface area contributed by atoms with Gasteiger partial charge in [0.15, 0.2) is 0 Å². The van der Waals surface area contributed by atoms with Gasteiger partial charge in [-0.25, -0.2) is 4.79 Å². The fourth-order valence-electron chi connectivity index (χ4n) is 6.11. The van der Waals surface area contributed by atoms with Crippen molar-refractivity contribution in [1.29, 1.82) is 0 Å². The number of hydrogen-bond acceptors (Lipinski definition) is 2. The highest BCUT2D eigenvalue weighted by atomic mass is 16.5. The smallest absolute Gasteiger partial charge is 0.319 e. The number of hydrogen-bond donors (Lipinski definition) is 2. The van der Waals surface area contributed by atoms with Crippen molar-refractivity contribution in [2.45, 2.75) is 57.1 Å². The second-order valence-corrected chi connectivity index (χ2v) is 9.33. The number of fused-ring (bicyclic) bond motifs is 2. The number of ether oxygens (including phenoxy) is 1. The van der Waals surface area contributed by atoms with Gasteiger partial charge in [-0.15, -0.1) is 0 Å². The number of anilines is 1. The molecule has 0 spiro atoms. The van der Waals surface area contributed by atoms with Crippen molar-refractivity contribution in [2.75, 3.05) is 5.32 Å². The van der Waals surface area contributed by atoms with Gasteiger partial charge in [0.1, 0.15) is 12.4 Å². The van der Waals surface area contributed by atoms with Crippen LogP contribution < -0.4 is 15.4 Å². The predicted octanol–water partition coefficient (Wildman–Crippen LogP) is 5.75. The molecule has 0 aliphatic heterocycles. The minimum absolute atomic E-state index is 0.0180. The highest BCUT2D eigenvalue weighted by Crippen LogP contribution is 2.55. The quantitative estimate of drug-likeness (QED) is 0.683. The van der Waals surface area contributed by atoms with Crippen molar-refractivity contribution in [1.82, 2.24) is 5.32 Å². The van der Waals surface area contributed by atoms with Crippen LogP contribution in [0.2, 0.25) is 0 Å². The van der Waals surface area contributed by atoms with Crippen molar-refractivity contribution in [3.63, 3.8) is 0 Å². The topological polar surface area (TPSA) is 50.4 Å². The number of rotatable bonds is 5. The molecular weight excluding hydrogens is 360 g/mol. The van der Waals surface area contributed by atoms with Crippen molar-refractivity contribution in [3.05, 3.63) is 60.2 Å². The van der Waals surface area contributed by atoms with Crippen LogP contribution in [0.3, 0.4) is 0 Å². The maximum absolute atomic E-state index is 12.8. The Morgan fingerprint density at radius 3 is 2.76 bits per heavy atom. The molecule has 152 valence electrons. The monoisotopic (exact) mass is 390 g/mol. The Bertz CT molecular complexity index is 864. The van der Waals surface area contributed by atoms with Gasteiger partial charge < -0.3 is 15.4 Å². The fraction of sp³-hybridized carbons (Fsp3) is 0.480. The van der Waals surface area contributed by atoms with E-state index in [0.717, 1.165) is 41.2 Å². The highest BCUT2D eigenvalue weighted by Gasteiger charge is 2.52. The molecule has 3 saturated carbocycles. The maximum atomic E-state index is 12.8. The fourth-order valence-corrected chi connectivity index (χ4v) is 6.11. The first-order valence-corrected chi connectivity index (χ1v) is 11.0. The molecule has 29 heavy (non-hydrogen) atoms. The van der Waals surface area contributed by atoms with Gasteiger partial charge in [-0.05, 0) is 61.1 Å². The summed E-state index contributed by atoms with van der Waals surface area (Å²) >= 11 is 0. The van der Waals surface area contributed by atoms with E-state index in [1.807, 2.05) is 54.6 Å². The number of carbonyl (C=O) groups excluding carboxylic acids is 1. The van der Waals surface area contributed by atoms with Crippen molar-refractivity contribution >= 4 is 11.7 Å². The normalized spacial score (nSPS) is 29.9. The molecule has 0 aromatic heterocycles. The zero-order valence-corrected chi connectivity index (χ0v) is 16.9. The summed E-state index contributed by atoms with van der Waals surface area (Å²) in [5, 5.41) is 6.43. The van der Waals surface area contributed by atoms with E-state index in [-0.39, 0.29) is 11.6 Å².